The minimum absolute atomic E-state index is 0.00320. The Balaban J connectivity index is 1.60. The highest BCUT2D eigenvalue weighted by atomic mass is 28.5. The van der Waals surface area contributed by atoms with Crippen molar-refractivity contribution in [2.45, 2.75) is 148 Å². The van der Waals surface area contributed by atoms with Gasteiger partial charge < -0.3 is 47.1 Å². The number of hydrogen-bond donors (Lipinski definition) is 2. The molecule has 12 nitrogen and oxygen atoms in total. The lowest BCUT2D eigenvalue weighted by molar-refractivity contribution is -0.279. The normalized spacial score (nSPS) is 24.3. The lowest BCUT2D eigenvalue weighted by Gasteiger charge is -2.54. The number of alkyl carbamates (subject to hydrolysis) is 1. The number of ether oxygens (including phenoxy) is 5. The van der Waals surface area contributed by atoms with Gasteiger partial charge in [-0.05, 0) is 72.6 Å². The molecule has 2 heterocycles. The second-order valence-corrected chi connectivity index (χ2v) is 25.0. The summed E-state index contributed by atoms with van der Waals surface area (Å²) in [6.45, 7) is 22.8. The number of rotatable bonds is 12. The van der Waals surface area contributed by atoms with Gasteiger partial charge in [-0.15, -0.1) is 0 Å². The van der Waals surface area contributed by atoms with Crippen LogP contribution in [0.4, 0.5) is 9.59 Å². The number of amides is 1. The molecule has 4 rings (SSSR count). The maximum absolute atomic E-state index is 13.2. The molecule has 14 heteroatoms. The molecule has 2 N–H and O–H groups in total. The van der Waals surface area contributed by atoms with Gasteiger partial charge >= 0.3 is 29.4 Å². The zero-order valence-electron chi connectivity index (χ0n) is 33.3. The molecule has 53 heavy (non-hydrogen) atoms. The Morgan fingerprint density at radius 3 is 2.04 bits per heavy atom. The van der Waals surface area contributed by atoms with Gasteiger partial charge in [-0.2, -0.15) is 0 Å². The Morgan fingerprint density at radius 2 is 1.47 bits per heavy atom. The number of aliphatic hydroxyl groups is 1. The average molecular weight is 776 g/mol. The number of hydrogen-bond acceptors (Lipinski definition) is 11. The molecular formula is C39H61NO11Si2. The van der Waals surface area contributed by atoms with Gasteiger partial charge in [-0.25, -0.2) is 9.59 Å². The minimum atomic E-state index is -3.14. The summed E-state index contributed by atoms with van der Waals surface area (Å²) in [5, 5.41) is 14.9. The van der Waals surface area contributed by atoms with Gasteiger partial charge in [0.1, 0.15) is 36.3 Å². The molecule has 2 aliphatic rings. The van der Waals surface area contributed by atoms with E-state index >= 15 is 0 Å². The van der Waals surface area contributed by atoms with Crippen LogP contribution >= 0.6 is 0 Å². The van der Waals surface area contributed by atoms with Crippen LogP contribution in [0.15, 0.2) is 54.6 Å². The van der Waals surface area contributed by atoms with Crippen molar-refractivity contribution in [1.29, 1.82) is 0 Å². The van der Waals surface area contributed by atoms with Gasteiger partial charge in [0.15, 0.2) is 6.10 Å². The van der Waals surface area contributed by atoms with Gasteiger partial charge in [0, 0.05) is 6.54 Å². The standard InChI is InChI=1S/C39H61NO11Si2/c1-25(2)52(26(3)4)45-24-32-34(50-53(51-52,27(5)6)28(7)8)33(41)35(48-38(43)44-23-30-15-13-12-14-16-30)36(47-32)46-31-19-17-29(18-20-31)21-22-40-37(42)49-39(9,10)11/h12-20,25-28,32-36,41H,21-24H2,1-11H3,(H,40,42)/t32-,33+,34-,35-,36-/m1/s1. The highest BCUT2D eigenvalue weighted by Gasteiger charge is 2.62. The molecule has 2 fully saturated rings. The third-order valence-corrected chi connectivity index (χ3v) is 19.9. The number of nitrogens with one attached hydrogen (secondary N) is 1. The number of fused-ring (bicyclic) bond motifs is 1. The van der Waals surface area contributed by atoms with E-state index < -0.39 is 65.7 Å². The lowest BCUT2D eigenvalue weighted by atomic mass is 9.99. The van der Waals surface area contributed by atoms with Crippen molar-refractivity contribution in [3.05, 3.63) is 65.7 Å². The summed E-state index contributed by atoms with van der Waals surface area (Å²) in [7, 11) is -6.05. The highest BCUT2D eigenvalue weighted by Crippen LogP contribution is 2.47. The van der Waals surface area contributed by atoms with Gasteiger partial charge in [0.05, 0.1) is 6.61 Å². The molecule has 0 saturated carbocycles. The summed E-state index contributed by atoms with van der Waals surface area (Å²) in [6.07, 6.45) is -6.52. The van der Waals surface area contributed by atoms with Crippen molar-refractivity contribution < 1.29 is 51.3 Å². The van der Waals surface area contributed by atoms with Crippen LogP contribution in [0.25, 0.3) is 0 Å². The molecule has 0 unspecified atom stereocenters. The fourth-order valence-electron chi connectivity index (χ4n) is 6.89. The third kappa shape index (κ3) is 10.8. The summed E-state index contributed by atoms with van der Waals surface area (Å²) >= 11 is 0. The first-order valence-corrected chi connectivity index (χ1v) is 22.8. The smallest absolute Gasteiger partial charge is 0.461 e. The molecule has 0 aromatic heterocycles. The van der Waals surface area contributed by atoms with E-state index in [0.717, 1.165) is 11.1 Å². The van der Waals surface area contributed by atoms with Crippen molar-refractivity contribution in [3.8, 4) is 5.75 Å². The Bertz CT molecular complexity index is 1450. The van der Waals surface area contributed by atoms with Crippen LogP contribution < -0.4 is 10.1 Å². The predicted molar refractivity (Wildman–Crippen MR) is 205 cm³/mol. The van der Waals surface area contributed by atoms with Crippen molar-refractivity contribution in [3.63, 3.8) is 0 Å². The van der Waals surface area contributed by atoms with Crippen molar-refractivity contribution in [2.24, 2.45) is 0 Å². The first kappa shape index (κ1) is 42.8. The molecule has 296 valence electrons. The summed E-state index contributed by atoms with van der Waals surface area (Å²) in [4.78, 5) is 25.2. The van der Waals surface area contributed by atoms with Crippen LogP contribution in [0.2, 0.25) is 22.2 Å². The largest absolute Gasteiger partial charge is 0.509 e. The summed E-state index contributed by atoms with van der Waals surface area (Å²) in [5.41, 5.74) is 1.38. The summed E-state index contributed by atoms with van der Waals surface area (Å²) in [6, 6.07) is 16.5. The van der Waals surface area contributed by atoms with Crippen LogP contribution in [0.5, 0.6) is 5.75 Å². The second kappa shape index (κ2) is 18.1. The van der Waals surface area contributed by atoms with Crippen LogP contribution in [0.3, 0.4) is 0 Å². The van der Waals surface area contributed by atoms with Crippen molar-refractivity contribution in [2.75, 3.05) is 13.2 Å². The molecule has 0 bridgehead atoms. The molecule has 0 spiro atoms. The quantitative estimate of drug-likeness (QED) is 0.161. The van der Waals surface area contributed by atoms with E-state index in [-0.39, 0.29) is 35.4 Å². The number of aliphatic hydroxyl groups excluding tert-OH is 1. The van der Waals surface area contributed by atoms with E-state index in [9.17, 15) is 14.7 Å². The topological polar surface area (TPSA) is 140 Å². The molecule has 2 aromatic carbocycles. The monoisotopic (exact) mass is 775 g/mol. The van der Waals surface area contributed by atoms with E-state index in [1.54, 1.807) is 12.1 Å². The van der Waals surface area contributed by atoms with Crippen molar-refractivity contribution in [1.82, 2.24) is 5.32 Å². The van der Waals surface area contributed by atoms with E-state index in [4.69, 9.17) is 36.7 Å². The SMILES string of the molecule is CC(C)[Si]1(C(C)C)OC[C@H]2O[C@@H](Oc3ccc(CCNC(=O)OC(C)(C)C)cc3)[C@H](OC(=O)OCc3ccccc3)[C@@H](O)[C@@H]2O[Si](C(C)C)(C(C)C)O1. The number of benzene rings is 2. The number of carbonyl (C=O) groups excluding carboxylic acids is 2. The molecule has 1 amide bonds. The molecule has 2 aromatic rings. The first-order chi connectivity index (χ1) is 24.9. The Hall–Kier alpha value is -2.99. The van der Waals surface area contributed by atoms with Gasteiger partial charge in [-0.1, -0.05) is 97.9 Å². The Labute approximate surface area is 317 Å². The van der Waals surface area contributed by atoms with Crippen LogP contribution in [0, 0.1) is 0 Å². The average Bonchev–Trinajstić information content (AvgIpc) is 3.06. The predicted octanol–water partition coefficient (Wildman–Crippen LogP) is 7.90. The highest BCUT2D eigenvalue weighted by molar-refractivity contribution is 6.84. The third-order valence-electron chi connectivity index (χ3n) is 9.64. The first-order valence-electron chi connectivity index (χ1n) is 18.8. The molecule has 0 radical (unpaired) electrons. The second-order valence-electron chi connectivity index (χ2n) is 16.1. The van der Waals surface area contributed by atoms with E-state index in [2.05, 4.69) is 60.7 Å². The molecule has 5 atom stereocenters. The van der Waals surface area contributed by atoms with E-state index in [1.807, 2.05) is 63.2 Å². The molecule has 2 saturated heterocycles. The summed E-state index contributed by atoms with van der Waals surface area (Å²) < 4.78 is 50.8. The molecule has 2 aliphatic heterocycles. The zero-order chi connectivity index (χ0) is 39.1. The Morgan fingerprint density at radius 1 is 0.868 bits per heavy atom. The number of carbonyl (C=O) groups is 2. The maximum atomic E-state index is 13.2. The van der Waals surface area contributed by atoms with Crippen LogP contribution in [0.1, 0.15) is 87.3 Å². The maximum Gasteiger partial charge on any atom is 0.509 e. The molecule has 0 aliphatic carbocycles. The van der Waals surface area contributed by atoms with Crippen LogP contribution in [-0.2, 0) is 44.9 Å². The summed E-state index contributed by atoms with van der Waals surface area (Å²) in [5.74, 6) is 0.424. The molecular weight excluding hydrogens is 715 g/mol. The zero-order valence-corrected chi connectivity index (χ0v) is 35.3. The fraction of sp³-hybridized carbons (Fsp3) is 0.641. The fourth-order valence-corrected chi connectivity index (χ4v) is 18.1. The van der Waals surface area contributed by atoms with Gasteiger partial charge in [0.25, 0.3) is 0 Å². The lowest BCUT2D eigenvalue weighted by Crippen LogP contribution is -2.70. The van der Waals surface area contributed by atoms with E-state index in [1.165, 1.54) is 0 Å². The van der Waals surface area contributed by atoms with Crippen molar-refractivity contribution >= 4 is 29.4 Å². The van der Waals surface area contributed by atoms with Gasteiger partial charge in [0.2, 0.25) is 6.29 Å². The minimum Gasteiger partial charge on any atom is -0.461 e. The van der Waals surface area contributed by atoms with E-state index in [0.29, 0.717) is 18.7 Å². The Kier molecular flexibility index (Phi) is 14.6. The van der Waals surface area contributed by atoms with Gasteiger partial charge in [-0.3, -0.25) is 0 Å². The van der Waals surface area contributed by atoms with Crippen LogP contribution in [-0.4, -0.2) is 83.9 Å².